The molecule has 0 spiro atoms. The zero-order chi connectivity index (χ0) is 17.2. The van der Waals surface area contributed by atoms with Gasteiger partial charge in [-0.3, -0.25) is 4.57 Å². The molecule has 6 heteroatoms. The molecule has 0 amide bonds. The molecule has 124 valence electrons. The molecular weight excluding hydrogens is 314 g/mol. The number of hydrogen-bond donors (Lipinski definition) is 1. The van der Waals surface area contributed by atoms with E-state index in [1.807, 2.05) is 60.7 Å². The minimum Gasteiger partial charge on any atom is -0.357 e. The Kier molecular flexibility index (Phi) is 3.78. The number of imidazole rings is 1. The molecule has 4 rings (SSSR count). The lowest BCUT2D eigenvalue weighted by Crippen LogP contribution is -2.23. The maximum absolute atomic E-state index is 13.1. The predicted molar refractivity (Wildman–Crippen MR) is 98.2 cm³/mol. The van der Waals surface area contributed by atoms with Crippen LogP contribution in [0.2, 0.25) is 0 Å². The van der Waals surface area contributed by atoms with Gasteiger partial charge in [0, 0.05) is 7.05 Å². The first-order chi connectivity index (χ1) is 12.3. The van der Waals surface area contributed by atoms with Crippen molar-refractivity contribution in [1.82, 2.24) is 19.1 Å². The van der Waals surface area contributed by atoms with E-state index in [0.29, 0.717) is 23.7 Å². The summed E-state index contributed by atoms with van der Waals surface area (Å²) in [5.74, 6) is 0.481. The standard InChI is InChI=1S/C19H17N5O/c1-20-18-21-12-16-17(22-18)24(15-10-6-3-7-11-15)19(25)23(16)13-14-8-4-2-5-9-14/h2-12H,13H2,1H3,(H,20,21,22). The van der Waals surface area contributed by atoms with Gasteiger partial charge in [0.05, 0.1) is 18.4 Å². The van der Waals surface area contributed by atoms with Crippen molar-refractivity contribution in [3.8, 4) is 5.69 Å². The molecule has 4 aromatic rings. The van der Waals surface area contributed by atoms with Crippen molar-refractivity contribution in [2.75, 3.05) is 12.4 Å². The lowest BCUT2D eigenvalue weighted by molar-refractivity contribution is 0.762. The monoisotopic (exact) mass is 331 g/mol. The highest BCUT2D eigenvalue weighted by Gasteiger charge is 2.17. The number of para-hydroxylation sites is 1. The molecule has 0 radical (unpaired) electrons. The van der Waals surface area contributed by atoms with E-state index in [1.54, 1.807) is 22.4 Å². The van der Waals surface area contributed by atoms with Crippen LogP contribution in [0.15, 0.2) is 71.7 Å². The average Bonchev–Trinajstić information content (AvgIpc) is 2.94. The van der Waals surface area contributed by atoms with Gasteiger partial charge >= 0.3 is 5.69 Å². The van der Waals surface area contributed by atoms with Gasteiger partial charge in [0.15, 0.2) is 5.65 Å². The van der Waals surface area contributed by atoms with Crippen LogP contribution < -0.4 is 11.0 Å². The van der Waals surface area contributed by atoms with Crippen molar-refractivity contribution in [2.24, 2.45) is 0 Å². The van der Waals surface area contributed by atoms with Gasteiger partial charge in [-0.25, -0.2) is 14.3 Å². The Bertz CT molecular complexity index is 1070. The van der Waals surface area contributed by atoms with E-state index < -0.39 is 0 Å². The number of nitrogens with zero attached hydrogens (tertiary/aromatic N) is 4. The van der Waals surface area contributed by atoms with E-state index in [1.165, 1.54) is 0 Å². The molecule has 0 aliphatic rings. The summed E-state index contributed by atoms with van der Waals surface area (Å²) in [4.78, 5) is 21.9. The molecule has 0 atom stereocenters. The molecule has 0 bridgehead atoms. The van der Waals surface area contributed by atoms with Crippen LogP contribution >= 0.6 is 0 Å². The first-order valence-electron chi connectivity index (χ1n) is 8.03. The Balaban J connectivity index is 1.97. The van der Waals surface area contributed by atoms with Crippen molar-refractivity contribution in [2.45, 2.75) is 6.54 Å². The number of benzene rings is 2. The van der Waals surface area contributed by atoms with Crippen LogP contribution in [0.1, 0.15) is 5.56 Å². The van der Waals surface area contributed by atoms with E-state index in [4.69, 9.17) is 0 Å². The summed E-state index contributed by atoms with van der Waals surface area (Å²) in [5, 5.41) is 2.93. The summed E-state index contributed by atoms with van der Waals surface area (Å²) in [7, 11) is 1.76. The summed E-state index contributed by atoms with van der Waals surface area (Å²) < 4.78 is 3.33. The Labute approximate surface area is 144 Å². The third-order valence-corrected chi connectivity index (χ3v) is 4.10. The molecular formula is C19H17N5O. The van der Waals surface area contributed by atoms with Gasteiger partial charge in [0.1, 0.15) is 5.52 Å². The minimum absolute atomic E-state index is 0.132. The number of hydrogen-bond acceptors (Lipinski definition) is 4. The molecule has 2 heterocycles. The summed E-state index contributed by atoms with van der Waals surface area (Å²) in [6.07, 6.45) is 1.69. The smallest absolute Gasteiger partial charge is 0.335 e. The molecule has 0 aliphatic carbocycles. The molecule has 2 aromatic heterocycles. The molecule has 25 heavy (non-hydrogen) atoms. The van der Waals surface area contributed by atoms with Crippen LogP contribution in [-0.2, 0) is 6.54 Å². The number of aromatic nitrogens is 4. The highest BCUT2D eigenvalue weighted by molar-refractivity contribution is 5.74. The van der Waals surface area contributed by atoms with Crippen LogP contribution in [0.3, 0.4) is 0 Å². The fourth-order valence-corrected chi connectivity index (χ4v) is 2.88. The van der Waals surface area contributed by atoms with E-state index in [-0.39, 0.29) is 5.69 Å². The molecule has 0 unspecified atom stereocenters. The van der Waals surface area contributed by atoms with Gasteiger partial charge in [0.25, 0.3) is 0 Å². The SMILES string of the molecule is CNc1ncc2c(n1)n(-c1ccccc1)c(=O)n2Cc1ccccc1. The van der Waals surface area contributed by atoms with Crippen LogP contribution in [0.25, 0.3) is 16.9 Å². The second-order valence-corrected chi connectivity index (χ2v) is 5.68. The van der Waals surface area contributed by atoms with E-state index in [9.17, 15) is 4.79 Å². The summed E-state index contributed by atoms with van der Waals surface area (Å²) in [5.41, 5.74) is 3.00. The van der Waals surface area contributed by atoms with Gasteiger partial charge in [-0.15, -0.1) is 0 Å². The van der Waals surface area contributed by atoms with E-state index >= 15 is 0 Å². The summed E-state index contributed by atoms with van der Waals surface area (Å²) in [6, 6.07) is 19.4. The molecule has 0 fully saturated rings. The quantitative estimate of drug-likeness (QED) is 0.624. The molecule has 0 saturated carbocycles. The van der Waals surface area contributed by atoms with Gasteiger partial charge in [0.2, 0.25) is 5.95 Å². The lowest BCUT2D eigenvalue weighted by Gasteiger charge is -2.03. The fourth-order valence-electron chi connectivity index (χ4n) is 2.88. The van der Waals surface area contributed by atoms with Crippen LogP contribution in [0.4, 0.5) is 5.95 Å². The fraction of sp³-hybridized carbons (Fsp3) is 0.105. The number of nitrogens with one attached hydrogen (secondary N) is 1. The second-order valence-electron chi connectivity index (χ2n) is 5.68. The molecule has 0 saturated heterocycles. The van der Waals surface area contributed by atoms with Crippen LogP contribution in [0, 0.1) is 0 Å². The number of anilines is 1. The minimum atomic E-state index is -0.132. The third kappa shape index (κ3) is 2.67. The zero-order valence-electron chi connectivity index (χ0n) is 13.8. The average molecular weight is 331 g/mol. The predicted octanol–water partition coefficient (Wildman–Crippen LogP) is 2.67. The first-order valence-corrected chi connectivity index (χ1v) is 8.03. The molecule has 1 N–H and O–H groups in total. The van der Waals surface area contributed by atoms with Gasteiger partial charge in [-0.1, -0.05) is 48.5 Å². The van der Waals surface area contributed by atoms with Gasteiger partial charge < -0.3 is 5.32 Å². The Morgan fingerprint density at radius 2 is 1.68 bits per heavy atom. The largest absolute Gasteiger partial charge is 0.357 e. The van der Waals surface area contributed by atoms with E-state index in [2.05, 4.69) is 15.3 Å². The Morgan fingerprint density at radius 3 is 2.36 bits per heavy atom. The lowest BCUT2D eigenvalue weighted by atomic mass is 10.2. The van der Waals surface area contributed by atoms with Gasteiger partial charge in [-0.2, -0.15) is 4.98 Å². The molecule has 0 aliphatic heterocycles. The van der Waals surface area contributed by atoms with Crippen molar-refractivity contribution < 1.29 is 0 Å². The summed E-state index contributed by atoms with van der Waals surface area (Å²) in [6.45, 7) is 0.471. The Morgan fingerprint density at radius 1 is 1.00 bits per heavy atom. The summed E-state index contributed by atoms with van der Waals surface area (Å²) >= 11 is 0. The maximum Gasteiger partial charge on any atom is 0.335 e. The highest BCUT2D eigenvalue weighted by atomic mass is 16.1. The molecule has 6 nitrogen and oxygen atoms in total. The van der Waals surface area contributed by atoms with E-state index in [0.717, 1.165) is 11.3 Å². The van der Waals surface area contributed by atoms with Crippen LogP contribution in [-0.4, -0.2) is 26.1 Å². The van der Waals surface area contributed by atoms with Crippen molar-refractivity contribution in [3.05, 3.63) is 82.9 Å². The Hall–Kier alpha value is -3.41. The zero-order valence-corrected chi connectivity index (χ0v) is 13.8. The number of rotatable bonds is 4. The van der Waals surface area contributed by atoms with Gasteiger partial charge in [-0.05, 0) is 17.7 Å². The maximum atomic E-state index is 13.1. The van der Waals surface area contributed by atoms with Crippen molar-refractivity contribution >= 4 is 17.1 Å². The normalized spacial score (nSPS) is 10.9. The van der Waals surface area contributed by atoms with Crippen molar-refractivity contribution in [3.63, 3.8) is 0 Å². The number of fused-ring (bicyclic) bond motifs is 1. The van der Waals surface area contributed by atoms with Crippen LogP contribution in [0.5, 0.6) is 0 Å². The third-order valence-electron chi connectivity index (χ3n) is 4.10. The second kappa shape index (κ2) is 6.24. The highest BCUT2D eigenvalue weighted by Crippen LogP contribution is 2.17. The van der Waals surface area contributed by atoms with Crippen molar-refractivity contribution in [1.29, 1.82) is 0 Å². The topological polar surface area (TPSA) is 64.7 Å². The molecule has 2 aromatic carbocycles. The first kappa shape index (κ1) is 15.1.